The maximum atomic E-state index is 11.5. The summed E-state index contributed by atoms with van der Waals surface area (Å²) in [6.07, 6.45) is 11.6. The van der Waals surface area contributed by atoms with Crippen molar-refractivity contribution in [2.45, 2.75) is 57.8 Å². The number of rotatable bonds is 5. The van der Waals surface area contributed by atoms with E-state index in [1.54, 1.807) is 12.1 Å². The fourth-order valence-electron chi connectivity index (χ4n) is 4.77. The molecule has 6 nitrogen and oxygen atoms in total. The summed E-state index contributed by atoms with van der Waals surface area (Å²) in [6, 6.07) is 6.81. The normalized spacial score (nSPS) is 24.0. The summed E-state index contributed by atoms with van der Waals surface area (Å²) in [7, 11) is -2.02. The van der Waals surface area contributed by atoms with E-state index in [4.69, 9.17) is 10.00 Å². The molecule has 1 aromatic rings. The first-order valence-corrected chi connectivity index (χ1v) is 12.7. The fraction of sp³-hybridized carbons (Fsp3) is 0.714. The smallest absolute Gasteiger partial charge is 0.379 e. The molecular formula is C21H34N5OP. The van der Waals surface area contributed by atoms with Crippen molar-refractivity contribution >= 4 is 13.6 Å². The predicted octanol–water partition coefficient (Wildman–Crippen LogP) is 4.98. The second-order valence-corrected chi connectivity index (χ2v) is 11.2. The highest BCUT2D eigenvalue weighted by molar-refractivity contribution is 7.67. The summed E-state index contributed by atoms with van der Waals surface area (Å²) in [6.45, 7) is 6.83. The minimum absolute atomic E-state index is 0.0306. The number of benzene rings is 1. The Morgan fingerprint density at radius 3 is 1.39 bits per heavy atom. The Morgan fingerprint density at radius 1 is 0.607 bits per heavy atom. The van der Waals surface area contributed by atoms with E-state index in [1.807, 2.05) is 12.1 Å². The maximum Gasteiger partial charge on any atom is 0.379 e. The number of piperidine rings is 3. The largest absolute Gasteiger partial charge is 0.872 e. The van der Waals surface area contributed by atoms with Crippen LogP contribution in [0.1, 0.15) is 57.8 Å². The molecule has 0 radical (unpaired) electrons. The molecule has 0 saturated carbocycles. The lowest BCUT2D eigenvalue weighted by atomic mass is 10.2. The zero-order valence-corrected chi connectivity index (χ0v) is 17.9. The molecule has 0 spiro atoms. The molecule has 0 aliphatic carbocycles. The van der Waals surface area contributed by atoms with Crippen LogP contribution in [0.3, 0.4) is 0 Å². The van der Waals surface area contributed by atoms with Crippen molar-refractivity contribution in [3.8, 4) is 5.75 Å². The summed E-state index contributed by atoms with van der Waals surface area (Å²) in [5.74, 6) is 0.0306. The van der Waals surface area contributed by atoms with E-state index in [0.29, 0.717) is 0 Å². The lowest BCUT2D eigenvalue weighted by Crippen LogP contribution is -2.48. The molecule has 3 saturated heterocycles. The Labute approximate surface area is 170 Å². The molecule has 0 unspecified atom stereocenters. The summed E-state index contributed by atoms with van der Waals surface area (Å²) in [4.78, 5) is 5.24. The zero-order chi connectivity index (χ0) is 19.2. The Hall–Kier alpha value is -1.07. The first kappa shape index (κ1) is 20.2. The summed E-state index contributed by atoms with van der Waals surface area (Å²) in [5.41, 5.74) is 0.801. The van der Waals surface area contributed by atoms with Crippen LogP contribution < -0.4 is 5.11 Å². The zero-order valence-electron chi connectivity index (χ0n) is 17.0. The third kappa shape index (κ3) is 4.40. The minimum atomic E-state index is -2.02. The third-order valence-electron chi connectivity index (χ3n) is 6.25. The van der Waals surface area contributed by atoms with Crippen LogP contribution in [-0.4, -0.2) is 53.3 Å². The van der Waals surface area contributed by atoms with Gasteiger partial charge in [-0.3, -0.25) is 0 Å². The van der Waals surface area contributed by atoms with Crippen LogP contribution in [0.15, 0.2) is 34.3 Å². The Bertz CT molecular complexity index is 589. The van der Waals surface area contributed by atoms with Crippen LogP contribution in [0, 0.1) is 0 Å². The molecule has 3 fully saturated rings. The van der Waals surface area contributed by atoms with Crippen LogP contribution in [-0.2, 0) is 0 Å². The van der Waals surface area contributed by atoms with Crippen molar-refractivity contribution in [3.63, 3.8) is 0 Å². The molecule has 3 heterocycles. The van der Waals surface area contributed by atoms with Gasteiger partial charge in [0.2, 0.25) is 0 Å². The minimum Gasteiger partial charge on any atom is -0.872 e. The van der Waals surface area contributed by atoms with Crippen molar-refractivity contribution < 1.29 is 5.11 Å². The van der Waals surface area contributed by atoms with Gasteiger partial charge in [-0.15, -0.1) is 24.9 Å². The molecule has 0 atom stereocenters. The maximum absolute atomic E-state index is 11.5. The van der Waals surface area contributed by atoms with Crippen LogP contribution in [0.25, 0.3) is 0 Å². The van der Waals surface area contributed by atoms with Crippen molar-refractivity contribution in [1.29, 1.82) is 0 Å². The SMILES string of the molecule is [O-]c1ccc(N=N[P+](N2CCCCC2)(N2CCCCC2)N2CCCCC2)cc1. The van der Waals surface area contributed by atoms with Gasteiger partial charge >= 0.3 is 7.87 Å². The molecule has 0 bridgehead atoms. The second-order valence-electron chi connectivity index (χ2n) is 8.26. The van der Waals surface area contributed by atoms with Gasteiger partial charge in [-0.1, -0.05) is 31.4 Å². The number of hydrogen-bond acceptors (Lipinski definition) is 6. The number of hydrogen-bond donors (Lipinski definition) is 0. The van der Waals surface area contributed by atoms with Gasteiger partial charge in [0.25, 0.3) is 0 Å². The average Bonchev–Trinajstić information content (AvgIpc) is 2.78. The molecule has 0 amide bonds. The van der Waals surface area contributed by atoms with E-state index in [-0.39, 0.29) is 5.75 Å². The predicted molar refractivity (Wildman–Crippen MR) is 114 cm³/mol. The van der Waals surface area contributed by atoms with Gasteiger partial charge < -0.3 is 5.11 Å². The van der Waals surface area contributed by atoms with Gasteiger partial charge in [0.1, 0.15) is 0 Å². The van der Waals surface area contributed by atoms with Crippen molar-refractivity contribution in [3.05, 3.63) is 24.3 Å². The molecule has 154 valence electrons. The van der Waals surface area contributed by atoms with Gasteiger partial charge in [0.15, 0.2) is 0 Å². The Morgan fingerprint density at radius 2 is 1.00 bits per heavy atom. The summed E-state index contributed by atoms with van der Waals surface area (Å²) < 4.78 is 8.12. The van der Waals surface area contributed by atoms with Gasteiger partial charge in [-0.2, -0.15) is 0 Å². The van der Waals surface area contributed by atoms with E-state index in [2.05, 4.69) is 14.0 Å². The summed E-state index contributed by atoms with van der Waals surface area (Å²) in [5, 5.41) is 16.2. The molecule has 0 N–H and O–H groups in total. The highest BCUT2D eigenvalue weighted by Gasteiger charge is 2.59. The molecule has 7 heteroatoms. The molecule has 4 rings (SSSR count). The quantitative estimate of drug-likeness (QED) is 0.514. The van der Waals surface area contributed by atoms with Crippen LogP contribution in [0.2, 0.25) is 0 Å². The van der Waals surface area contributed by atoms with Gasteiger partial charge in [0.05, 0.1) is 5.69 Å². The lowest BCUT2D eigenvalue weighted by Gasteiger charge is -2.45. The molecule has 3 aliphatic heterocycles. The summed E-state index contributed by atoms with van der Waals surface area (Å²) >= 11 is 0. The highest BCUT2D eigenvalue weighted by Crippen LogP contribution is 2.71. The fourth-order valence-corrected chi connectivity index (χ4v) is 8.86. The average molecular weight is 404 g/mol. The first-order valence-electron chi connectivity index (χ1n) is 11.1. The standard InChI is InChI=1S/C21H34N5OP/c27-21-12-10-20(11-13-21)22-23-28(24-14-4-1-5-15-24,25-16-6-2-7-17-25)26-18-8-3-9-19-26/h10-13H,1-9,14-19H2. The third-order valence-corrected chi connectivity index (χ3v) is 10.1. The van der Waals surface area contributed by atoms with Crippen LogP contribution >= 0.6 is 7.87 Å². The molecule has 28 heavy (non-hydrogen) atoms. The van der Waals surface area contributed by atoms with Crippen LogP contribution in [0.4, 0.5) is 5.69 Å². The topological polar surface area (TPSA) is 57.5 Å². The second kappa shape index (κ2) is 9.62. The van der Waals surface area contributed by atoms with E-state index in [1.165, 1.54) is 57.8 Å². The molecular weight excluding hydrogens is 369 g/mol. The van der Waals surface area contributed by atoms with E-state index >= 15 is 0 Å². The van der Waals surface area contributed by atoms with Gasteiger partial charge in [-0.05, 0) is 50.7 Å². The Balaban J connectivity index is 1.72. The molecule has 0 aromatic heterocycles. The van der Waals surface area contributed by atoms with Gasteiger partial charge in [-0.25, -0.2) is 0 Å². The van der Waals surface area contributed by atoms with Crippen molar-refractivity contribution in [1.82, 2.24) is 14.0 Å². The monoisotopic (exact) mass is 403 g/mol. The van der Waals surface area contributed by atoms with E-state index in [9.17, 15) is 5.11 Å². The highest BCUT2D eigenvalue weighted by atomic mass is 31.2. The Kier molecular flexibility index (Phi) is 6.94. The molecule has 1 aromatic carbocycles. The van der Waals surface area contributed by atoms with Crippen molar-refractivity contribution in [2.75, 3.05) is 39.3 Å². The lowest BCUT2D eigenvalue weighted by molar-refractivity contribution is -0.268. The first-order chi connectivity index (χ1) is 13.8. The van der Waals surface area contributed by atoms with E-state index in [0.717, 1.165) is 45.0 Å². The van der Waals surface area contributed by atoms with Crippen molar-refractivity contribution in [2.24, 2.45) is 10.00 Å². The molecule has 3 aliphatic rings. The van der Waals surface area contributed by atoms with Crippen LogP contribution in [0.5, 0.6) is 5.75 Å². The number of nitrogens with zero attached hydrogens (tertiary/aromatic N) is 5. The van der Waals surface area contributed by atoms with E-state index < -0.39 is 7.87 Å². The van der Waals surface area contributed by atoms with Gasteiger partial charge in [0, 0.05) is 44.2 Å².